The minimum atomic E-state index is -0.185. The molecule has 8 heteroatoms. The van der Waals surface area contributed by atoms with Crippen LogP contribution in [0.5, 0.6) is 0 Å². The average molecular weight is 441 g/mol. The molecule has 3 amide bonds. The molecule has 0 bridgehead atoms. The van der Waals surface area contributed by atoms with Gasteiger partial charge in [-0.25, -0.2) is 4.98 Å². The van der Waals surface area contributed by atoms with E-state index in [2.05, 4.69) is 31.1 Å². The molecule has 4 rings (SSSR count). The number of piperazine rings is 1. The van der Waals surface area contributed by atoms with Gasteiger partial charge in [0.15, 0.2) is 0 Å². The molecule has 1 aromatic heterocycles. The normalized spacial score (nSPS) is 18.2. The summed E-state index contributed by atoms with van der Waals surface area (Å²) in [4.78, 5) is 46.8. The van der Waals surface area contributed by atoms with Crippen LogP contribution < -0.4 is 4.90 Å². The fourth-order valence-electron chi connectivity index (χ4n) is 3.83. The first kappa shape index (κ1) is 21.6. The first-order valence-electron chi connectivity index (χ1n) is 10.6. The van der Waals surface area contributed by atoms with Crippen LogP contribution in [0.3, 0.4) is 0 Å². The van der Waals surface area contributed by atoms with Crippen molar-refractivity contribution in [2.45, 2.75) is 45.6 Å². The standard InChI is InChI=1S/C23H28N4O3S/c1-23(2,3)18-15-31-19(24-18)14-25-10-12-26(13-11-25)22(30)16-4-6-17(7-5-16)27-20(28)8-9-21(27)29/h4-7,15H,8-14H2,1-3H3. The molecule has 2 saturated heterocycles. The summed E-state index contributed by atoms with van der Waals surface area (Å²) in [5.74, 6) is -0.389. The summed E-state index contributed by atoms with van der Waals surface area (Å²) in [5, 5.41) is 3.26. The van der Waals surface area contributed by atoms with Crippen molar-refractivity contribution in [3.63, 3.8) is 0 Å². The molecule has 0 atom stereocenters. The lowest BCUT2D eigenvalue weighted by Crippen LogP contribution is -2.48. The van der Waals surface area contributed by atoms with Crippen LogP contribution in [-0.4, -0.2) is 58.7 Å². The second-order valence-corrected chi connectivity index (χ2v) is 10.1. The molecule has 3 heterocycles. The monoisotopic (exact) mass is 440 g/mol. The van der Waals surface area contributed by atoms with E-state index in [1.54, 1.807) is 35.6 Å². The number of carbonyl (C=O) groups is 3. The Kier molecular flexibility index (Phi) is 5.94. The largest absolute Gasteiger partial charge is 0.336 e. The molecule has 2 aromatic rings. The number of hydrogen-bond acceptors (Lipinski definition) is 6. The van der Waals surface area contributed by atoms with Gasteiger partial charge in [-0.2, -0.15) is 0 Å². The lowest BCUT2D eigenvalue weighted by atomic mass is 9.93. The van der Waals surface area contributed by atoms with Crippen molar-refractivity contribution >= 4 is 34.7 Å². The van der Waals surface area contributed by atoms with Crippen molar-refractivity contribution in [1.82, 2.24) is 14.8 Å². The highest BCUT2D eigenvalue weighted by Gasteiger charge is 2.30. The van der Waals surface area contributed by atoms with Gasteiger partial charge in [-0.1, -0.05) is 20.8 Å². The van der Waals surface area contributed by atoms with Gasteiger partial charge in [0.25, 0.3) is 5.91 Å². The van der Waals surface area contributed by atoms with E-state index >= 15 is 0 Å². The van der Waals surface area contributed by atoms with Crippen molar-refractivity contribution in [1.29, 1.82) is 0 Å². The number of thiazole rings is 1. The molecular formula is C23H28N4O3S. The minimum Gasteiger partial charge on any atom is -0.336 e. The third kappa shape index (κ3) is 4.70. The molecule has 31 heavy (non-hydrogen) atoms. The van der Waals surface area contributed by atoms with Crippen molar-refractivity contribution in [2.24, 2.45) is 0 Å². The first-order valence-corrected chi connectivity index (χ1v) is 11.5. The zero-order valence-electron chi connectivity index (χ0n) is 18.3. The maximum atomic E-state index is 12.9. The molecule has 2 aliphatic rings. The highest BCUT2D eigenvalue weighted by atomic mass is 32.1. The topological polar surface area (TPSA) is 73.8 Å². The van der Waals surface area contributed by atoms with Crippen LogP contribution in [0.15, 0.2) is 29.6 Å². The van der Waals surface area contributed by atoms with Crippen molar-refractivity contribution in [2.75, 3.05) is 31.1 Å². The zero-order valence-corrected chi connectivity index (χ0v) is 19.1. The lowest BCUT2D eigenvalue weighted by Gasteiger charge is -2.34. The Hall–Kier alpha value is -2.58. The third-order valence-electron chi connectivity index (χ3n) is 5.76. The summed E-state index contributed by atoms with van der Waals surface area (Å²) in [6.07, 6.45) is 0.505. The Bertz CT molecular complexity index is 969. The van der Waals surface area contributed by atoms with Crippen molar-refractivity contribution < 1.29 is 14.4 Å². The minimum absolute atomic E-state index is 0.0189. The summed E-state index contributed by atoms with van der Waals surface area (Å²) in [5.41, 5.74) is 2.30. The van der Waals surface area contributed by atoms with E-state index in [1.165, 1.54) is 4.90 Å². The molecule has 2 aliphatic heterocycles. The van der Waals surface area contributed by atoms with Gasteiger partial charge in [0, 0.05) is 55.4 Å². The summed E-state index contributed by atoms with van der Waals surface area (Å²) in [6, 6.07) is 6.76. The van der Waals surface area contributed by atoms with E-state index in [-0.39, 0.29) is 36.0 Å². The maximum absolute atomic E-state index is 12.9. The molecule has 7 nitrogen and oxygen atoms in total. The van der Waals surface area contributed by atoms with Gasteiger partial charge in [0.05, 0.1) is 17.9 Å². The lowest BCUT2D eigenvalue weighted by molar-refractivity contribution is -0.121. The molecule has 164 valence electrons. The van der Waals surface area contributed by atoms with E-state index in [9.17, 15) is 14.4 Å². The number of rotatable bonds is 4. The van der Waals surface area contributed by atoms with E-state index in [4.69, 9.17) is 4.98 Å². The predicted octanol–water partition coefficient (Wildman–Crippen LogP) is 3.05. The summed E-state index contributed by atoms with van der Waals surface area (Å²) < 4.78 is 0. The van der Waals surface area contributed by atoms with Gasteiger partial charge in [0.2, 0.25) is 11.8 Å². The van der Waals surface area contributed by atoms with Crippen molar-refractivity contribution in [3.8, 4) is 0 Å². The summed E-state index contributed by atoms with van der Waals surface area (Å²) in [7, 11) is 0. The number of carbonyl (C=O) groups excluding carboxylic acids is 3. The van der Waals surface area contributed by atoms with Gasteiger partial charge in [-0.05, 0) is 24.3 Å². The molecular weight excluding hydrogens is 412 g/mol. The Labute approximate surface area is 186 Å². The maximum Gasteiger partial charge on any atom is 0.253 e. The van der Waals surface area contributed by atoms with E-state index in [0.29, 0.717) is 24.3 Å². The van der Waals surface area contributed by atoms with E-state index < -0.39 is 0 Å². The molecule has 0 aliphatic carbocycles. The van der Waals surface area contributed by atoms with Crippen LogP contribution in [0.25, 0.3) is 0 Å². The number of benzene rings is 1. The van der Waals surface area contributed by atoms with E-state index in [0.717, 1.165) is 30.3 Å². The molecule has 0 radical (unpaired) electrons. The number of anilines is 1. The number of aromatic nitrogens is 1. The highest BCUT2D eigenvalue weighted by Crippen LogP contribution is 2.25. The number of hydrogen-bond donors (Lipinski definition) is 0. The number of imide groups is 1. The van der Waals surface area contributed by atoms with Gasteiger partial charge >= 0.3 is 0 Å². The fourth-order valence-corrected chi connectivity index (χ4v) is 4.89. The highest BCUT2D eigenvalue weighted by molar-refractivity contribution is 7.09. The van der Waals surface area contributed by atoms with E-state index in [1.807, 2.05) is 4.90 Å². The average Bonchev–Trinajstić information content (AvgIpc) is 3.35. The van der Waals surface area contributed by atoms with Crippen LogP contribution in [0.4, 0.5) is 5.69 Å². The van der Waals surface area contributed by atoms with Gasteiger partial charge < -0.3 is 4.90 Å². The van der Waals surface area contributed by atoms with Crippen molar-refractivity contribution in [3.05, 3.63) is 45.9 Å². The number of amides is 3. The second kappa shape index (κ2) is 8.51. The smallest absolute Gasteiger partial charge is 0.253 e. The predicted molar refractivity (Wildman–Crippen MR) is 120 cm³/mol. The molecule has 1 aromatic carbocycles. The number of nitrogens with zero attached hydrogens (tertiary/aromatic N) is 4. The first-order chi connectivity index (χ1) is 14.7. The summed E-state index contributed by atoms with van der Waals surface area (Å²) >= 11 is 1.70. The van der Waals surface area contributed by atoms with Gasteiger partial charge in [-0.15, -0.1) is 11.3 Å². The van der Waals surface area contributed by atoms with Crippen LogP contribution in [0.2, 0.25) is 0 Å². The molecule has 0 spiro atoms. The molecule has 0 saturated carbocycles. The molecule has 0 N–H and O–H groups in total. The zero-order chi connectivity index (χ0) is 22.2. The third-order valence-corrected chi connectivity index (χ3v) is 6.60. The fraction of sp³-hybridized carbons (Fsp3) is 0.478. The Morgan fingerprint density at radius 3 is 2.16 bits per heavy atom. The molecule has 2 fully saturated rings. The van der Waals surface area contributed by atoms with Crippen LogP contribution >= 0.6 is 11.3 Å². The van der Waals surface area contributed by atoms with Crippen LogP contribution in [0, 0.1) is 0 Å². The second-order valence-electron chi connectivity index (χ2n) is 9.11. The summed E-state index contributed by atoms with van der Waals surface area (Å²) in [6.45, 7) is 10.3. The Balaban J connectivity index is 1.32. The van der Waals surface area contributed by atoms with Gasteiger partial charge in [0.1, 0.15) is 5.01 Å². The van der Waals surface area contributed by atoms with Crippen LogP contribution in [-0.2, 0) is 21.5 Å². The van der Waals surface area contributed by atoms with Crippen LogP contribution in [0.1, 0.15) is 54.7 Å². The quantitative estimate of drug-likeness (QED) is 0.683. The van der Waals surface area contributed by atoms with Gasteiger partial charge in [-0.3, -0.25) is 24.2 Å². The molecule has 0 unspecified atom stereocenters. The Morgan fingerprint density at radius 2 is 1.61 bits per heavy atom. The SMILES string of the molecule is CC(C)(C)c1csc(CN2CCN(C(=O)c3ccc(N4C(=O)CCC4=O)cc3)CC2)n1. The Morgan fingerprint density at radius 1 is 1.00 bits per heavy atom.